The van der Waals surface area contributed by atoms with Crippen LogP contribution in [0.2, 0.25) is 0 Å². The summed E-state index contributed by atoms with van der Waals surface area (Å²) in [5, 5.41) is 7.44. The third-order valence-electron chi connectivity index (χ3n) is 3.29. The molecule has 3 aromatic rings. The first-order chi connectivity index (χ1) is 11.1. The molecule has 3 aromatic heterocycles. The van der Waals surface area contributed by atoms with E-state index in [1.807, 2.05) is 19.1 Å². The predicted octanol–water partition coefficient (Wildman–Crippen LogP) is 3.18. The third-order valence-corrected chi connectivity index (χ3v) is 4.51. The summed E-state index contributed by atoms with van der Waals surface area (Å²) in [4.78, 5) is 21.4. The molecule has 0 radical (unpaired) electrons. The van der Waals surface area contributed by atoms with Crippen LogP contribution in [0.4, 0.5) is 5.82 Å². The van der Waals surface area contributed by atoms with Gasteiger partial charge in [0.1, 0.15) is 10.6 Å². The standard InChI is InChI=1S/C16H16N4O2S/c1-10-9-13(20-22-10)19-16(21)15-11(2)18-14(23-15)4-3-12-5-7-17-8-6-12/h5-9H,3-4H2,1-2H3,(H,19,20,21). The Labute approximate surface area is 137 Å². The molecule has 0 unspecified atom stereocenters. The van der Waals surface area contributed by atoms with Gasteiger partial charge in [-0.05, 0) is 38.0 Å². The number of nitrogens with one attached hydrogen (secondary N) is 1. The summed E-state index contributed by atoms with van der Waals surface area (Å²) in [5.74, 6) is 0.862. The van der Waals surface area contributed by atoms with Crippen molar-refractivity contribution in [3.63, 3.8) is 0 Å². The number of aromatic nitrogens is 3. The van der Waals surface area contributed by atoms with Crippen molar-refractivity contribution < 1.29 is 9.32 Å². The van der Waals surface area contributed by atoms with Crippen LogP contribution in [0.3, 0.4) is 0 Å². The van der Waals surface area contributed by atoms with Crippen molar-refractivity contribution >= 4 is 23.1 Å². The molecule has 1 amide bonds. The van der Waals surface area contributed by atoms with Crippen LogP contribution in [-0.4, -0.2) is 21.0 Å². The van der Waals surface area contributed by atoms with E-state index in [9.17, 15) is 4.79 Å². The summed E-state index contributed by atoms with van der Waals surface area (Å²) in [5.41, 5.74) is 1.94. The number of hydrogen-bond donors (Lipinski definition) is 1. The first-order valence-corrected chi connectivity index (χ1v) is 8.03. The van der Waals surface area contributed by atoms with Gasteiger partial charge in [0.25, 0.3) is 5.91 Å². The number of aryl methyl sites for hydroxylation is 4. The van der Waals surface area contributed by atoms with Gasteiger partial charge in [-0.2, -0.15) is 0 Å². The number of carbonyl (C=O) groups excluding carboxylic acids is 1. The average Bonchev–Trinajstić information content (AvgIpc) is 3.12. The first kappa shape index (κ1) is 15.4. The van der Waals surface area contributed by atoms with E-state index >= 15 is 0 Å². The van der Waals surface area contributed by atoms with Gasteiger partial charge in [-0.3, -0.25) is 9.78 Å². The highest BCUT2D eigenvalue weighted by molar-refractivity contribution is 7.13. The Morgan fingerprint density at radius 2 is 2.04 bits per heavy atom. The smallest absolute Gasteiger partial charge is 0.268 e. The predicted molar refractivity (Wildman–Crippen MR) is 87.7 cm³/mol. The maximum atomic E-state index is 12.3. The van der Waals surface area contributed by atoms with Gasteiger partial charge in [0.2, 0.25) is 0 Å². The lowest BCUT2D eigenvalue weighted by Crippen LogP contribution is -2.11. The molecule has 0 bridgehead atoms. The van der Waals surface area contributed by atoms with E-state index in [-0.39, 0.29) is 5.91 Å². The molecule has 0 fully saturated rings. The summed E-state index contributed by atoms with van der Waals surface area (Å²) in [6.07, 6.45) is 5.23. The van der Waals surface area contributed by atoms with Crippen LogP contribution in [0.1, 0.15) is 31.7 Å². The Balaban J connectivity index is 1.66. The Hall–Kier alpha value is -2.54. The lowest BCUT2D eigenvalue weighted by Gasteiger charge is -1.98. The van der Waals surface area contributed by atoms with E-state index in [1.54, 1.807) is 25.4 Å². The van der Waals surface area contributed by atoms with Gasteiger partial charge in [0.15, 0.2) is 5.82 Å². The topological polar surface area (TPSA) is 80.9 Å². The molecule has 1 N–H and O–H groups in total. The van der Waals surface area contributed by atoms with Crippen molar-refractivity contribution in [2.24, 2.45) is 0 Å². The van der Waals surface area contributed by atoms with Crippen LogP contribution in [-0.2, 0) is 12.8 Å². The molecule has 0 aliphatic rings. The van der Waals surface area contributed by atoms with Crippen LogP contribution in [0.15, 0.2) is 35.1 Å². The Kier molecular flexibility index (Phi) is 4.47. The summed E-state index contributed by atoms with van der Waals surface area (Å²) < 4.78 is 4.94. The molecule has 0 atom stereocenters. The highest BCUT2D eigenvalue weighted by atomic mass is 32.1. The quantitative estimate of drug-likeness (QED) is 0.778. The minimum Gasteiger partial charge on any atom is -0.360 e. The molecule has 7 heteroatoms. The van der Waals surface area contributed by atoms with E-state index < -0.39 is 0 Å². The van der Waals surface area contributed by atoms with Crippen LogP contribution < -0.4 is 5.32 Å². The Morgan fingerprint density at radius 3 is 2.74 bits per heavy atom. The van der Waals surface area contributed by atoms with E-state index in [2.05, 4.69) is 20.4 Å². The summed E-state index contributed by atoms with van der Waals surface area (Å²) in [6, 6.07) is 5.65. The maximum absolute atomic E-state index is 12.3. The second-order valence-electron chi connectivity index (χ2n) is 5.15. The van der Waals surface area contributed by atoms with Gasteiger partial charge in [-0.25, -0.2) is 4.98 Å². The fourth-order valence-electron chi connectivity index (χ4n) is 2.17. The fraction of sp³-hybridized carbons (Fsp3) is 0.250. The van der Waals surface area contributed by atoms with E-state index in [0.29, 0.717) is 16.5 Å². The average molecular weight is 328 g/mol. The summed E-state index contributed by atoms with van der Waals surface area (Å²) >= 11 is 1.42. The van der Waals surface area contributed by atoms with Crippen molar-refractivity contribution in [2.45, 2.75) is 26.7 Å². The van der Waals surface area contributed by atoms with Crippen LogP contribution >= 0.6 is 11.3 Å². The molecule has 118 valence electrons. The molecule has 0 spiro atoms. The van der Waals surface area contributed by atoms with Crippen molar-refractivity contribution in [3.05, 3.63) is 57.5 Å². The second-order valence-corrected chi connectivity index (χ2v) is 6.24. The number of nitrogens with zero attached hydrogens (tertiary/aromatic N) is 3. The maximum Gasteiger partial charge on any atom is 0.268 e. The number of carbonyl (C=O) groups is 1. The van der Waals surface area contributed by atoms with Crippen LogP contribution in [0.25, 0.3) is 0 Å². The van der Waals surface area contributed by atoms with Gasteiger partial charge in [-0.1, -0.05) is 5.16 Å². The minimum absolute atomic E-state index is 0.205. The number of thiazole rings is 1. The SMILES string of the molecule is Cc1cc(NC(=O)c2sc(CCc3ccncc3)nc2C)no1. The van der Waals surface area contributed by atoms with Gasteiger partial charge >= 0.3 is 0 Å². The largest absolute Gasteiger partial charge is 0.360 e. The zero-order valence-corrected chi connectivity index (χ0v) is 13.7. The minimum atomic E-state index is -0.205. The molecule has 0 aliphatic heterocycles. The normalized spacial score (nSPS) is 10.7. The van der Waals surface area contributed by atoms with E-state index in [0.717, 1.165) is 23.5 Å². The van der Waals surface area contributed by atoms with Crippen LogP contribution in [0, 0.1) is 13.8 Å². The fourth-order valence-corrected chi connectivity index (χ4v) is 3.13. The Bertz CT molecular complexity index is 811. The summed E-state index contributed by atoms with van der Waals surface area (Å²) in [6.45, 7) is 3.62. The number of rotatable bonds is 5. The molecule has 23 heavy (non-hydrogen) atoms. The summed E-state index contributed by atoms with van der Waals surface area (Å²) in [7, 11) is 0. The zero-order valence-electron chi connectivity index (χ0n) is 12.9. The van der Waals surface area contributed by atoms with Crippen molar-refractivity contribution in [2.75, 3.05) is 5.32 Å². The van der Waals surface area contributed by atoms with Crippen LogP contribution in [0.5, 0.6) is 0 Å². The van der Waals surface area contributed by atoms with Crippen molar-refractivity contribution in [3.8, 4) is 0 Å². The molecular weight excluding hydrogens is 312 g/mol. The molecule has 0 saturated carbocycles. The van der Waals surface area contributed by atoms with E-state index in [1.165, 1.54) is 16.9 Å². The number of hydrogen-bond acceptors (Lipinski definition) is 6. The zero-order chi connectivity index (χ0) is 16.2. The van der Waals surface area contributed by atoms with E-state index in [4.69, 9.17) is 4.52 Å². The molecule has 3 rings (SSSR count). The number of amides is 1. The molecular formula is C16H16N4O2S. The Morgan fingerprint density at radius 1 is 1.26 bits per heavy atom. The third kappa shape index (κ3) is 3.81. The first-order valence-electron chi connectivity index (χ1n) is 7.21. The van der Waals surface area contributed by atoms with Gasteiger partial charge in [0, 0.05) is 24.9 Å². The van der Waals surface area contributed by atoms with Gasteiger partial charge < -0.3 is 9.84 Å². The monoisotopic (exact) mass is 328 g/mol. The van der Waals surface area contributed by atoms with Crippen molar-refractivity contribution in [1.29, 1.82) is 0 Å². The lowest BCUT2D eigenvalue weighted by molar-refractivity contribution is 0.102. The highest BCUT2D eigenvalue weighted by Gasteiger charge is 2.16. The molecule has 0 aromatic carbocycles. The molecule has 3 heterocycles. The second kappa shape index (κ2) is 6.70. The van der Waals surface area contributed by atoms with Gasteiger partial charge in [0.05, 0.1) is 10.7 Å². The number of pyridine rings is 1. The molecule has 0 aliphatic carbocycles. The molecule has 6 nitrogen and oxygen atoms in total. The number of anilines is 1. The highest BCUT2D eigenvalue weighted by Crippen LogP contribution is 2.21. The van der Waals surface area contributed by atoms with Crippen molar-refractivity contribution in [1.82, 2.24) is 15.1 Å². The lowest BCUT2D eigenvalue weighted by atomic mass is 10.1. The van der Waals surface area contributed by atoms with Gasteiger partial charge in [-0.15, -0.1) is 11.3 Å². The molecule has 0 saturated heterocycles.